The first kappa shape index (κ1) is 16.8. The number of aromatic nitrogens is 3. The second kappa shape index (κ2) is 7.62. The Morgan fingerprint density at radius 2 is 1.78 bits per heavy atom. The number of anilines is 2. The van der Waals surface area contributed by atoms with Gasteiger partial charge in [0, 0.05) is 5.54 Å². The number of rotatable bonds is 7. The molecule has 124 valence electrons. The molecule has 1 heterocycles. The van der Waals surface area contributed by atoms with Crippen LogP contribution in [0.1, 0.15) is 20.8 Å². The fourth-order valence-corrected chi connectivity index (χ4v) is 1.80. The first-order valence-electron chi connectivity index (χ1n) is 7.45. The van der Waals surface area contributed by atoms with Crippen molar-refractivity contribution in [2.75, 3.05) is 30.9 Å². The summed E-state index contributed by atoms with van der Waals surface area (Å²) in [5.41, 5.74) is -0.113. The number of hydrogen-bond acceptors (Lipinski definition) is 7. The van der Waals surface area contributed by atoms with E-state index in [4.69, 9.17) is 9.47 Å². The van der Waals surface area contributed by atoms with Crippen LogP contribution in [0.5, 0.6) is 11.5 Å². The van der Waals surface area contributed by atoms with Gasteiger partial charge in [-0.2, -0.15) is 10.1 Å². The fourth-order valence-electron chi connectivity index (χ4n) is 1.80. The van der Waals surface area contributed by atoms with Gasteiger partial charge in [0.05, 0.1) is 19.9 Å². The van der Waals surface area contributed by atoms with E-state index in [0.717, 1.165) is 11.5 Å². The topological polar surface area (TPSA) is 81.2 Å². The predicted molar refractivity (Wildman–Crippen MR) is 90.2 cm³/mol. The Hall–Kier alpha value is -2.57. The molecular weight excluding hydrogens is 294 g/mol. The van der Waals surface area contributed by atoms with Crippen molar-refractivity contribution in [1.82, 2.24) is 15.2 Å². The molecule has 0 amide bonds. The van der Waals surface area contributed by atoms with Crippen molar-refractivity contribution >= 4 is 11.8 Å². The van der Waals surface area contributed by atoms with Crippen LogP contribution in [0.15, 0.2) is 30.5 Å². The molecule has 7 heteroatoms. The molecule has 2 aromatic rings. The molecular formula is C16H23N5O2. The van der Waals surface area contributed by atoms with Crippen molar-refractivity contribution in [3.8, 4) is 11.5 Å². The smallest absolute Gasteiger partial charge is 0.245 e. The second-order valence-corrected chi connectivity index (χ2v) is 5.99. The number of nitrogens with zero attached hydrogens (tertiary/aromatic N) is 3. The molecule has 0 aliphatic rings. The van der Waals surface area contributed by atoms with Crippen LogP contribution in [0, 0.1) is 0 Å². The lowest BCUT2D eigenvalue weighted by Crippen LogP contribution is -2.27. The molecule has 0 bridgehead atoms. The number of ether oxygens (including phenoxy) is 2. The zero-order chi connectivity index (χ0) is 16.7. The summed E-state index contributed by atoms with van der Waals surface area (Å²) < 4.78 is 10.7. The van der Waals surface area contributed by atoms with Crippen molar-refractivity contribution in [1.29, 1.82) is 0 Å². The van der Waals surface area contributed by atoms with Crippen molar-refractivity contribution < 1.29 is 9.47 Å². The quantitative estimate of drug-likeness (QED) is 0.760. The van der Waals surface area contributed by atoms with E-state index in [1.807, 2.05) is 45.0 Å². The van der Waals surface area contributed by atoms with Crippen LogP contribution in [0.2, 0.25) is 0 Å². The van der Waals surface area contributed by atoms with Gasteiger partial charge in [-0.1, -0.05) is 0 Å². The Balaban J connectivity index is 1.78. The van der Waals surface area contributed by atoms with Gasteiger partial charge in [-0.3, -0.25) is 0 Å². The van der Waals surface area contributed by atoms with E-state index >= 15 is 0 Å². The van der Waals surface area contributed by atoms with E-state index in [-0.39, 0.29) is 5.54 Å². The van der Waals surface area contributed by atoms with Crippen LogP contribution < -0.4 is 20.1 Å². The molecule has 0 fully saturated rings. The molecule has 2 rings (SSSR count). The molecule has 0 aliphatic carbocycles. The molecule has 0 saturated carbocycles. The van der Waals surface area contributed by atoms with E-state index in [0.29, 0.717) is 24.9 Å². The van der Waals surface area contributed by atoms with Gasteiger partial charge in [-0.05, 0) is 45.0 Å². The molecule has 7 nitrogen and oxygen atoms in total. The zero-order valence-corrected chi connectivity index (χ0v) is 14.0. The lowest BCUT2D eigenvalue weighted by molar-refractivity contribution is 0.331. The molecule has 0 radical (unpaired) electrons. The number of methoxy groups -OCH3 is 1. The van der Waals surface area contributed by atoms with Crippen molar-refractivity contribution in [3.63, 3.8) is 0 Å². The monoisotopic (exact) mass is 317 g/mol. The van der Waals surface area contributed by atoms with Gasteiger partial charge >= 0.3 is 0 Å². The molecule has 0 aliphatic heterocycles. The van der Waals surface area contributed by atoms with Gasteiger partial charge < -0.3 is 20.1 Å². The summed E-state index contributed by atoms with van der Waals surface area (Å²) >= 11 is 0. The summed E-state index contributed by atoms with van der Waals surface area (Å²) in [6, 6.07) is 7.47. The average molecular weight is 317 g/mol. The maximum Gasteiger partial charge on any atom is 0.245 e. The van der Waals surface area contributed by atoms with Gasteiger partial charge in [0.2, 0.25) is 5.95 Å². The van der Waals surface area contributed by atoms with Gasteiger partial charge in [-0.25, -0.2) is 0 Å². The summed E-state index contributed by atoms with van der Waals surface area (Å²) in [5, 5.41) is 14.2. The van der Waals surface area contributed by atoms with E-state index in [1.165, 1.54) is 0 Å². The third-order valence-corrected chi connectivity index (χ3v) is 2.78. The summed E-state index contributed by atoms with van der Waals surface area (Å²) in [6.07, 6.45) is 1.58. The Morgan fingerprint density at radius 3 is 2.43 bits per heavy atom. The van der Waals surface area contributed by atoms with Crippen LogP contribution in [0.4, 0.5) is 11.8 Å². The summed E-state index contributed by atoms with van der Waals surface area (Å²) in [4.78, 5) is 4.36. The van der Waals surface area contributed by atoms with E-state index < -0.39 is 0 Å². The normalized spacial score (nSPS) is 11.0. The minimum absolute atomic E-state index is 0.113. The number of nitrogens with one attached hydrogen (secondary N) is 2. The summed E-state index contributed by atoms with van der Waals surface area (Å²) in [5.74, 6) is 2.76. The van der Waals surface area contributed by atoms with E-state index in [2.05, 4.69) is 25.8 Å². The highest BCUT2D eigenvalue weighted by Gasteiger charge is 2.11. The van der Waals surface area contributed by atoms with Crippen molar-refractivity contribution in [2.24, 2.45) is 0 Å². The van der Waals surface area contributed by atoms with Crippen LogP contribution in [0.25, 0.3) is 0 Å². The standard InChI is InChI=1S/C16H23N5O2/c1-16(2,3)20-15-19-14(11-18-21-15)17-9-10-23-13-7-5-12(22-4)6-8-13/h5-8,11H,9-10H2,1-4H3,(H2,17,19,20,21). The fraction of sp³-hybridized carbons (Fsp3) is 0.438. The lowest BCUT2D eigenvalue weighted by Gasteiger charge is -2.20. The van der Waals surface area contributed by atoms with Gasteiger partial charge in [-0.15, -0.1) is 5.10 Å². The first-order chi connectivity index (χ1) is 11.0. The van der Waals surface area contributed by atoms with Crippen LogP contribution in [0.3, 0.4) is 0 Å². The zero-order valence-electron chi connectivity index (χ0n) is 14.0. The maximum absolute atomic E-state index is 5.64. The largest absolute Gasteiger partial charge is 0.497 e. The average Bonchev–Trinajstić information content (AvgIpc) is 2.51. The molecule has 1 aromatic carbocycles. The highest BCUT2D eigenvalue weighted by Crippen LogP contribution is 2.16. The van der Waals surface area contributed by atoms with Gasteiger partial charge in [0.15, 0.2) is 5.82 Å². The highest BCUT2D eigenvalue weighted by molar-refractivity contribution is 5.38. The molecule has 23 heavy (non-hydrogen) atoms. The maximum atomic E-state index is 5.64. The van der Waals surface area contributed by atoms with Crippen molar-refractivity contribution in [2.45, 2.75) is 26.3 Å². The third-order valence-electron chi connectivity index (χ3n) is 2.78. The first-order valence-corrected chi connectivity index (χ1v) is 7.45. The molecule has 0 saturated heterocycles. The molecule has 1 aromatic heterocycles. The molecule has 0 atom stereocenters. The second-order valence-electron chi connectivity index (χ2n) is 5.99. The van der Waals surface area contributed by atoms with E-state index in [9.17, 15) is 0 Å². The predicted octanol–water partition coefficient (Wildman–Crippen LogP) is 2.58. The van der Waals surface area contributed by atoms with Gasteiger partial charge in [0.1, 0.15) is 18.1 Å². The minimum atomic E-state index is -0.113. The third kappa shape index (κ3) is 5.98. The lowest BCUT2D eigenvalue weighted by atomic mass is 10.1. The van der Waals surface area contributed by atoms with E-state index in [1.54, 1.807) is 13.3 Å². The number of hydrogen-bond donors (Lipinski definition) is 2. The minimum Gasteiger partial charge on any atom is -0.497 e. The van der Waals surface area contributed by atoms with Crippen molar-refractivity contribution in [3.05, 3.63) is 30.5 Å². The van der Waals surface area contributed by atoms with Crippen LogP contribution >= 0.6 is 0 Å². The summed E-state index contributed by atoms with van der Waals surface area (Å²) in [7, 11) is 1.64. The Kier molecular flexibility index (Phi) is 5.56. The summed E-state index contributed by atoms with van der Waals surface area (Å²) in [6.45, 7) is 7.25. The number of benzene rings is 1. The molecule has 0 spiro atoms. The van der Waals surface area contributed by atoms with Gasteiger partial charge in [0.25, 0.3) is 0 Å². The molecule has 0 unspecified atom stereocenters. The molecule has 2 N–H and O–H groups in total. The highest BCUT2D eigenvalue weighted by atomic mass is 16.5. The SMILES string of the molecule is COc1ccc(OCCNc2cnnc(NC(C)(C)C)n2)cc1. The Bertz CT molecular complexity index is 611. The Morgan fingerprint density at radius 1 is 1.09 bits per heavy atom. The van der Waals surface area contributed by atoms with Crippen LogP contribution in [-0.4, -0.2) is 41.0 Å². The Labute approximate surface area is 136 Å². The van der Waals surface area contributed by atoms with Crippen LogP contribution in [-0.2, 0) is 0 Å².